The summed E-state index contributed by atoms with van der Waals surface area (Å²) in [6.45, 7) is 5.96. The molecule has 126 valence electrons. The molecule has 5 nitrogen and oxygen atoms in total. The lowest BCUT2D eigenvalue weighted by Crippen LogP contribution is -2.30. The maximum atomic E-state index is 11.9. The van der Waals surface area contributed by atoms with E-state index in [-0.39, 0.29) is 18.0 Å². The van der Waals surface area contributed by atoms with E-state index in [0.29, 0.717) is 24.5 Å². The van der Waals surface area contributed by atoms with Crippen molar-refractivity contribution >= 4 is 22.7 Å². The second-order valence-corrected chi connectivity index (χ2v) is 6.42. The largest absolute Gasteiger partial charge is 0.481 e. The second-order valence-electron chi connectivity index (χ2n) is 6.42. The maximum Gasteiger partial charge on any atom is 0.344 e. The Kier molecular flexibility index (Phi) is 4.18. The van der Waals surface area contributed by atoms with Gasteiger partial charge in [0.25, 0.3) is 0 Å². The van der Waals surface area contributed by atoms with E-state index in [4.69, 9.17) is 14.2 Å². The highest BCUT2D eigenvalue weighted by molar-refractivity contribution is 5.97. The van der Waals surface area contributed by atoms with Crippen LogP contribution in [0.25, 0.3) is 10.8 Å². The zero-order valence-electron chi connectivity index (χ0n) is 14.0. The van der Waals surface area contributed by atoms with E-state index in [1.54, 1.807) is 13.0 Å². The van der Waals surface area contributed by atoms with Crippen LogP contribution >= 0.6 is 0 Å². The Morgan fingerprint density at radius 3 is 2.75 bits per heavy atom. The van der Waals surface area contributed by atoms with Crippen molar-refractivity contribution in [2.24, 2.45) is 0 Å². The van der Waals surface area contributed by atoms with Crippen LogP contribution in [-0.4, -0.2) is 25.2 Å². The third kappa shape index (κ3) is 2.94. The van der Waals surface area contributed by atoms with Crippen molar-refractivity contribution in [1.82, 2.24) is 0 Å². The summed E-state index contributed by atoms with van der Waals surface area (Å²) < 4.78 is 16.0. The van der Waals surface area contributed by atoms with E-state index in [2.05, 4.69) is 0 Å². The van der Waals surface area contributed by atoms with Gasteiger partial charge in [0.05, 0.1) is 13.0 Å². The number of benzene rings is 2. The summed E-state index contributed by atoms with van der Waals surface area (Å²) in [6, 6.07) is 9.39. The molecule has 1 aliphatic rings. The average Bonchev–Trinajstić information content (AvgIpc) is 2.52. The molecule has 0 atom stereocenters. The molecule has 0 saturated carbocycles. The molecule has 2 aromatic carbocycles. The van der Waals surface area contributed by atoms with Crippen LogP contribution in [0, 0.1) is 0 Å². The lowest BCUT2D eigenvalue weighted by molar-refractivity contribution is -0.145. The average molecular weight is 328 g/mol. The minimum atomic E-state index is -0.417. The van der Waals surface area contributed by atoms with Gasteiger partial charge in [-0.1, -0.05) is 38.1 Å². The number of rotatable bonds is 4. The molecule has 24 heavy (non-hydrogen) atoms. The number of esters is 2. The summed E-state index contributed by atoms with van der Waals surface area (Å²) >= 11 is 0. The van der Waals surface area contributed by atoms with Crippen LogP contribution in [0.2, 0.25) is 0 Å². The van der Waals surface area contributed by atoms with Crippen molar-refractivity contribution in [3.8, 4) is 11.5 Å². The summed E-state index contributed by atoms with van der Waals surface area (Å²) in [5.74, 6) is 0.482. The lowest BCUT2D eigenvalue weighted by atomic mass is 9.78. The topological polar surface area (TPSA) is 61.8 Å². The van der Waals surface area contributed by atoms with Gasteiger partial charge in [-0.15, -0.1) is 0 Å². The van der Waals surface area contributed by atoms with Crippen LogP contribution in [0.1, 0.15) is 32.8 Å². The molecule has 0 N–H and O–H groups in total. The second kappa shape index (κ2) is 6.15. The highest BCUT2D eigenvalue weighted by atomic mass is 16.6. The standard InChI is InChI=1S/C19H20O5/c1-4-22-17(21)11-23-15-7-5-6-13-12(15)8-9-14-18(13)24-16(20)10-19(14,2)3/h5-9H,4,10-11H2,1-3H3. The lowest BCUT2D eigenvalue weighted by Gasteiger charge is -2.31. The quantitative estimate of drug-likeness (QED) is 0.636. The van der Waals surface area contributed by atoms with Gasteiger partial charge in [0.15, 0.2) is 6.61 Å². The Morgan fingerprint density at radius 2 is 2.00 bits per heavy atom. The number of carbonyl (C=O) groups is 2. The van der Waals surface area contributed by atoms with Gasteiger partial charge in [-0.2, -0.15) is 0 Å². The molecule has 1 aliphatic heterocycles. The van der Waals surface area contributed by atoms with Gasteiger partial charge in [-0.25, -0.2) is 4.79 Å². The van der Waals surface area contributed by atoms with E-state index in [1.165, 1.54) is 0 Å². The van der Waals surface area contributed by atoms with Crippen molar-refractivity contribution in [2.45, 2.75) is 32.6 Å². The monoisotopic (exact) mass is 328 g/mol. The van der Waals surface area contributed by atoms with Crippen LogP contribution in [0.5, 0.6) is 11.5 Å². The fraction of sp³-hybridized carbons (Fsp3) is 0.368. The Balaban J connectivity index is 2.02. The van der Waals surface area contributed by atoms with Gasteiger partial charge < -0.3 is 14.2 Å². The normalized spacial score (nSPS) is 15.5. The van der Waals surface area contributed by atoms with Crippen molar-refractivity contribution in [2.75, 3.05) is 13.2 Å². The molecular weight excluding hydrogens is 308 g/mol. The summed E-state index contributed by atoms with van der Waals surface area (Å²) in [7, 11) is 0. The summed E-state index contributed by atoms with van der Waals surface area (Å²) in [5, 5.41) is 1.60. The molecular formula is C19H20O5. The van der Waals surface area contributed by atoms with Crippen molar-refractivity contribution in [1.29, 1.82) is 0 Å². The summed E-state index contributed by atoms with van der Waals surface area (Å²) in [5.41, 5.74) is 0.720. The molecule has 0 spiro atoms. The molecule has 0 saturated heterocycles. The molecule has 2 aromatic rings. The van der Waals surface area contributed by atoms with Crippen molar-refractivity contribution in [3.63, 3.8) is 0 Å². The zero-order chi connectivity index (χ0) is 17.3. The SMILES string of the molecule is CCOC(=O)COc1cccc2c3c(ccc12)C(C)(C)CC(=O)O3. The highest BCUT2D eigenvalue weighted by Gasteiger charge is 2.34. The molecule has 0 unspecified atom stereocenters. The predicted octanol–water partition coefficient (Wildman–Crippen LogP) is 3.37. The smallest absolute Gasteiger partial charge is 0.344 e. The van der Waals surface area contributed by atoms with Crippen molar-refractivity contribution in [3.05, 3.63) is 35.9 Å². The molecule has 0 amide bonds. The first-order chi connectivity index (χ1) is 11.4. The van der Waals surface area contributed by atoms with Crippen LogP contribution in [0.15, 0.2) is 30.3 Å². The van der Waals surface area contributed by atoms with Crippen LogP contribution in [0.3, 0.4) is 0 Å². The molecule has 0 aliphatic carbocycles. The molecule has 3 rings (SSSR count). The van der Waals surface area contributed by atoms with E-state index in [9.17, 15) is 9.59 Å². The van der Waals surface area contributed by atoms with Gasteiger partial charge >= 0.3 is 11.9 Å². The third-order valence-corrected chi connectivity index (χ3v) is 4.15. The fourth-order valence-electron chi connectivity index (χ4n) is 3.02. The van der Waals surface area contributed by atoms with Crippen LogP contribution in [-0.2, 0) is 19.7 Å². The first kappa shape index (κ1) is 16.3. The zero-order valence-corrected chi connectivity index (χ0v) is 14.0. The van der Waals surface area contributed by atoms with Gasteiger partial charge in [-0.05, 0) is 13.0 Å². The number of hydrogen-bond acceptors (Lipinski definition) is 5. The molecule has 0 fully saturated rings. The Hall–Kier alpha value is -2.56. The highest BCUT2D eigenvalue weighted by Crippen LogP contribution is 2.44. The molecule has 0 radical (unpaired) electrons. The molecule has 1 heterocycles. The minimum Gasteiger partial charge on any atom is -0.481 e. The van der Waals surface area contributed by atoms with E-state index >= 15 is 0 Å². The molecule has 0 bridgehead atoms. The van der Waals surface area contributed by atoms with E-state index in [0.717, 1.165) is 16.3 Å². The van der Waals surface area contributed by atoms with E-state index in [1.807, 2.05) is 38.1 Å². The fourth-order valence-corrected chi connectivity index (χ4v) is 3.02. The predicted molar refractivity (Wildman–Crippen MR) is 89.4 cm³/mol. The number of fused-ring (bicyclic) bond motifs is 3. The van der Waals surface area contributed by atoms with Crippen LogP contribution < -0.4 is 9.47 Å². The summed E-state index contributed by atoms with van der Waals surface area (Å²) in [6.07, 6.45) is 0.352. The van der Waals surface area contributed by atoms with Gasteiger partial charge in [0, 0.05) is 21.8 Å². The first-order valence-corrected chi connectivity index (χ1v) is 7.97. The first-order valence-electron chi connectivity index (χ1n) is 7.97. The van der Waals surface area contributed by atoms with E-state index < -0.39 is 5.97 Å². The van der Waals surface area contributed by atoms with Gasteiger partial charge in [0.1, 0.15) is 11.5 Å². The van der Waals surface area contributed by atoms with Crippen LogP contribution in [0.4, 0.5) is 0 Å². The van der Waals surface area contributed by atoms with Crippen molar-refractivity contribution < 1.29 is 23.8 Å². The Morgan fingerprint density at radius 1 is 1.21 bits per heavy atom. The van der Waals surface area contributed by atoms with Gasteiger partial charge in [-0.3, -0.25) is 4.79 Å². The number of ether oxygens (including phenoxy) is 3. The third-order valence-electron chi connectivity index (χ3n) is 4.15. The molecule has 5 heteroatoms. The maximum absolute atomic E-state index is 11.9. The molecule has 0 aromatic heterocycles. The minimum absolute atomic E-state index is 0.157. The number of carbonyl (C=O) groups excluding carboxylic acids is 2. The number of hydrogen-bond donors (Lipinski definition) is 0. The summed E-state index contributed by atoms with van der Waals surface area (Å²) in [4.78, 5) is 23.4. The Labute approximate surface area is 140 Å². The van der Waals surface area contributed by atoms with Gasteiger partial charge in [0.2, 0.25) is 0 Å². The Bertz CT molecular complexity index is 807.